The monoisotopic (exact) mass is 909 g/mol. The molecule has 2 aliphatic carbocycles. The molecule has 0 heterocycles. The standard InChI is InChI=1S/2C26H33.C2H7Si.2ClH.Zr/c2*1-16(2)10-20-11-21-9-8-19(7)26(25(21)12-20)24-14-22(17(3)4)13-23(15-24)18(5)6;1-3-2;;;/h2*8-9,11-18H,10H2,1-7H3;3H,1-2H3;2*1H;/q;;;;;+2/p-2. The van der Waals surface area contributed by atoms with Crippen molar-refractivity contribution in [1.82, 2.24) is 0 Å². The third kappa shape index (κ3) is 8.21. The van der Waals surface area contributed by atoms with Gasteiger partial charge in [-0.25, -0.2) is 0 Å². The molecule has 2 aliphatic rings. The Morgan fingerprint density at radius 3 is 1.07 bits per heavy atom. The molecule has 58 heavy (non-hydrogen) atoms. The Hall–Kier alpha value is -1.96. The molecule has 0 saturated carbocycles. The first-order valence-corrected chi connectivity index (χ1v) is 38.9. The van der Waals surface area contributed by atoms with Crippen molar-refractivity contribution < 1.29 is 15.6 Å². The first-order valence-electron chi connectivity index (χ1n) is 22.6. The third-order valence-corrected chi connectivity index (χ3v) is 65.5. The van der Waals surface area contributed by atoms with Gasteiger partial charge in [-0.15, -0.1) is 0 Å². The first-order chi connectivity index (χ1) is 27.0. The van der Waals surface area contributed by atoms with Gasteiger partial charge in [0.15, 0.2) is 0 Å². The number of fused-ring (bicyclic) bond motifs is 2. The topological polar surface area (TPSA) is 0 Å². The summed E-state index contributed by atoms with van der Waals surface area (Å²) in [6.45, 7) is 37.7. The first kappa shape index (κ1) is 45.6. The van der Waals surface area contributed by atoms with Crippen LogP contribution in [-0.4, -0.2) is 5.92 Å². The van der Waals surface area contributed by atoms with E-state index in [1.54, 1.807) is 0 Å². The van der Waals surface area contributed by atoms with Crippen LogP contribution in [0.4, 0.5) is 0 Å². The molecule has 0 radical (unpaired) electrons. The van der Waals surface area contributed by atoms with Gasteiger partial charge in [-0.2, -0.15) is 0 Å². The van der Waals surface area contributed by atoms with E-state index in [1.165, 1.54) is 89.0 Å². The predicted molar refractivity (Wildman–Crippen MR) is 261 cm³/mol. The summed E-state index contributed by atoms with van der Waals surface area (Å²) in [5.41, 5.74) is 22.2. The van der Waals surface area contributed by atoms with Gasteiger partial charge in [-0.3, -0.25) is 0 Å². The number of benzene rings is 4. The van der Waals surface area contributed by atoms with E-state index in [1.807, 2.05) is 0 Å². The summed E-state index contributed by atoms with van der Waals surface area (Å²) in [4.78, 5) is 0. The van der Waals surface area contributed by atoms with Crippen LogP contribution in [-0.2, 0) is 15.6 Å². The number of halogens is 2. The molecular formula is C54H73Cl2SiZr. The molecule has 0 amide bonds. The normalized spacial score (nSPS) is 17.6. The van der Waals surface area contributed by atoms with E-state index in [9.17, 15) is 0 Å². The van der Waals surface area contributed by atoms with Crippen LogP contribution < -0.4 is 0 Å². The zero-order valence-corrected chi connectivity index (χ0v) is 43.9. The van der Waals surface area contributed by atoms with Gasteiger partial charge in [-0.05, 0) is 0 Å². The maximum atomic E-state index is 9.05. The van der Waals surface area contributed by atoms with Gasteiger partial charge in [0.25, 0.3) is 0 Å². The minimum absolute atomic E-state index is 0.0686. The molecule has 0 fully saturated rings. The van der Waals surface area contributed by atoms with Crippen LogP contribution in [0.5, 0.6) is 0 Å². The maximum absolute atomic E-state index is 9.05. The van der Waals surface area contributed by atoms with Gasteiger partial charge in [0.1, 0.15) is 0 Å². The van der Waals surface area contributed by atoms with E-state index in [4.69, 9.17) is 17.0 Å². The second-order valence-electron chi connectivity index (χ2n) is 20.8. The van der Waals surface area contributed by atoms with Crippen molar-refractivity contribution >= 4 is 35.1 Å². The zero-order valence-electron chi connectivity index (χ0n) is 38.8. The van der Waals surface area contributed by atoms with E-state index in [-0.39, 0.29) is 7.25 Å². The van der Waals surface area contributed by atoms with Crippen molar-refractivity contribution in [2.75, 3.05) is 0 Å². The summed E-state index contributed by atoms with van der Waals surface area (Å²) < 4.78 is 0.137. The molecule has 0 N–H and O–H groups in total. The van der Waals surface area contributed by atoms with Crippen LogP contribution in [0.3, 0.4) is 0 Å². The number of allylic oxidation sites excluding steroid dienone is 2. The van der Waals surface area contributed by atoms with Crippen LogP contribution >= 0.6 is 17.0 Å². The molecule has 0 nitrogen and oxygen atoms in total. The molecule has 0 bridgehead atoms. The Labute approximate surface area is 363 Å². The van der Waals surface area contributed by atoms with Crippen molar-refractivity contribution in [3.05, 3.63) is 127 Å². The van der Waals surface area contributed by atoms with Crippen molar-refractivity contribution in [2.24, 2.45) is 11.8 Å². The molecule has 4 heteroatoms. The zero-order chi connectivity index (χ0) is 42.8. The summed E-state index contributed by atoms with van der Waals surface area (Å²) in [5.74, 6) is 1.04. The van der Waals surface area contributed by atoms with Crippen LogP contribution in [0.2, 0.25) is 13.1 Å². The number of rotatable bonds is 13. The Morgan fingerprint density at radius 2 is 0.810 bits per heavy atom. The average Bonchev–Trinajstić information content (AvgIpc) is 3.68. The fourth-order valence-corrected chi connectivity index (χ4v) is 41.8. The van der Waals surface area contributed by atoms with Gasteiger partial charge < -0.3 is 0 Å². The van der Waals surface area contributed by atoms with E-state index >= 15 is 0 Å². The molecule has 2 unspecified atom stereocenters. The van der Waals surface area contributed by atoms with Crippen molar-refractivity contribution in [1.29, 1.82) is 0 Å². The molecule has 6 rings (SSSR count). The third-order valence-electron chi connectivity index (χ3n) is 13.7. The van der Waals surface area contributed by atoms with Crippen molar-refractivity contribution in [3.63, 3.8) is 0 Å². The number of hydrogen-bond donors (Lipinski definition) is 0. The van der Waals surface area contributed by atoms with Crippen molar-refractivity contribution in [2.45, 2.75) is 154 Å². The second kappa shape index (κ2) is 17.1. The quantitative estimate of drug-likeness (QED) is 0.117. The number of aryl methyl sites for hydroxylation is 2. The fraction of sp³-hybridized carbons (Fsp3) is 0.481. The van der Waals surface area contributed by atoms with E-state index in [2.05, 4.69) is 183 Å². The summed E-state index contributed by atoms with van der Waals surface area (Å²) in [6.07, 6.45) is 7.18. The molecule has 4 aromatic carbocycles. The number of hydrogen-bond acceptors (Lipinski definition) is 0. The SMILES string of the molecule is Cc1ccc2c(c1-c1cc(C(C)C)cc(C(C)C)c1)C=C(CC(C)C)[CH]2[Zr]([Cl])([Cl])([CH]1C(CC(C)C)=Cc2c1ccc(C)c2-c1cc(C(C)C)cc(C(C)C)c1)[SiH](C)C. The second-order valence-corrected chi connectivity index (χ2v) is 63.3. The van der Waals surface area contributed by atoms with Crippen LogP contribution in [0, 0.1) is 25.7 Å². The van der Waals surface area contributed by atoms with Gasteiger partial charge in [-0.1, -0.05) is 0 Å². The predicted octanol–water partition coefficient (Wildman–Crippen LogP) is 17.8. The molecule has 0 aliphatic heterocycles. The van der Waals surface area contributed by atoms with E-state index < -0.39 is 21.5 Å². The Morgan fingerprint density at radius 1 is 0.500 bits per heavy atom. The summed E-state index contributed by atoms with van der Waals surface area (Å²) in [5, 5.41) is 0. The van der Waals surface area contributed by atoms with Gasteiger partial charge in [0.05, 0.1) is 0 Å². The Kier molecular flexibility index (Phi) is 13.4. The average molecular weight is 912 g/mol. The summed E-state index contributed by atoms with van der Waals surface area (Å²) in [7, 11) is 18.1. The van der Waals surface area contributed by atoms with Gasteiger partial charge in [0.2, 0.25) is 0 Å². The fourth-order valence-electron chi connectivity index (χ4n) is 10.4. The van der Waals surface area contributed by atoms with E-state index in [0.717, 1.165) is 12.8 Å². The van der Waals surface area contributed by atoms with Gasteiger partial charge >= 0.3 is 366 Å². The molecule has 0 aromatic heterocycles. The molecule has 2 atom stereocenters. The minimum atomic E-state index is -5.05. The van der Waals surface area contributed by atoms with Gasteiger partial charge in [0, 0.05) is 0 Å². The van der Waals surface area contributed by atoms with Crippen LogP contribution in [0.1, 0.15) is 182 Å². The molecular weight excluding hydrogens is 839 g/mol. The molecule has 311 valence electrons. The summed E-state index contributed by atoms with van der Waals surface area (Å²) in [6, 6.07) is 24.4. The van der Waals surface area contributed by atoms with Crippen LogP contribution in [0.15, 0.2) is 71.8 Å². The van der Waals surface area contributed by atoms with Crippen molar-refractivity contribution in [3.8, 4) is 22.3 Å². The Balaban J connectivity index is 1.66. The summed E-state index contributed by atoms with van der Waals surface area (Å²) >= 11 is -5.05. The van der Waals surface area contributed by atoms with E-state index in [0.29, 0.717) is 35.5 Å². The molecule has 4 aromatic rings. The molecule has 0 spiro atoms. The Bertz CT molecular complexity index is 2060. The molecule has 0 saturated heterocycles. The van der Waals surface area contributed by atoms with Crippen LogP contribution in [0.25, 0.3) is 34.4 Å².